The molecule has 1 aliphatic heterocycles. The normalized spacial score (nSPS) is 34.4. The van der Waals surface area contributed by atoms with Gasteiger partial charge >= 0.3 is 5.97 Å². The lowest BCUT2D eigenvalue weighted by Gasteiger charge is -2.37. The van der Waals surface area contributed by atoms with Gasteiger partial charge in [0.15, 0.2) is 5.75 Å². The molecular weight excluding hydrogens is 358 g/mol. The van der Waals surface area contributed by atoms with E-state index in [1.165, 1.54) is 17.2 Å². The highest BCUT2D eigenvalue weighted by Crippen LogP contribution is 2.65. The monoisotopic (exact) mass is 375 g/mol. The lowest BCUT2D eigenvalue weighted by molar-refractivity contribution is -0.124. The van der Waals surface area contributed by atoms with Crippen molar-refractivity contribution in [3.05, 3.63) is 60.6 Å². The number of carbonyl (C=O) groups excluding carboxylic acids is 3. The fourth-order valence-corrected chi connectivity index (χ4v) is 5.47. The Morgan fingerprint density at radius 2 is 1.64 bits per heavy atom. The van der Waals surface area contributed by atoms with Gasteiger partial charge in [0.1, 0.15) is 0 Å². The molecule has 6 atom stereocenters. The molecule has 4 aliphatic carbocycles. The number of anilines is 1. The van der Waals surface area contributed by atoms with E-state index in [4.69, 9.17) is 9.15 Å². The quantitative estimate of drug-likeness (QED) is 0.357. The summed E-state index contributed by atoms with van der Waals surface area (Å²) >= 11 is 0. The first-order valence-electron chi connectivity index (χ1n) is 9.56. The first-order chi connectivity index (χ1) is 13.6. The average Bonchev–Trinajstić information content (AvgIpc) is 3.27. The summed E-state index contributed by atoms with van der Waals surface area (Å²) in [5.41, 5.74) is 0.319. The summed E-state index contributed by atoms with van der Waals surface area (Å²) in [4.78, 5) is 40.1. The van der Waals surface area contributed by atoms with E-state index >= 15 is 0 Å². The van der Waals surface area contributed by atoms with Gasteiger partial charge in [-0.3, -0.25) is 9.59 Å². The molecule has 6 nitrogen and oxygen atoms in total. The van der Waals surface area contributed by atoms with E-state index < -0.39 is 5.97 Å². The molecule has 140 valence electrons. The van der Waals surface area contributed by atoms with Crippen molar-refractivity contribution in [2.24, 2.45) is 35.5 Å². The Morgan fingerprint density at radius 3 is 2.29 bits per heavy atom. The largest absolute Gasteiger partial charge is 0.457 e. The molecule has 2 saturated carbocycles. The SMILES string of the molecule is O=C(Oc1ccccc1N1C(=O)[C@H]2[C@@H]3C=C[C@H]([C@H]4C[C@H]34)[C@@H]2C1=O)c1ccco1. The van der Waals surface area contributed by atoms with Crippen LogP contribution in [0.1, 0.15) is 17.0 Å². The Morgan fingerprint density at radius 1 is 0.964 bits per heavy atom. The Kier molecular flexibility index (Phi) is 3.08. The zero-order valence-corrected chi connectivity index (χ0v) is 14.9. The third-order valence-electron chi connectivity index (χ3n) is 6.69. The highest BCUT2D eigenvalue weighted by atomic mass is 16.5. The molecule has 2 aromatic rings. The van der Waals surface area contributed by atoms with Crippen molar-refractivity contribution in [1.82, 2.24) is 0 Å². The van der Waals surface area contributed by atoms with Gasteiger partial charge in [0.2, 0.25) is 17.6 Å². The van der Waals surface area contributed by atoms with Gasteiger partial charge in [-0.15, -0.1) is 0 Å². The standard InChI is InChI=1S/C22H17NO5/c24-20-18-11-7-8-12(14-10-13(11)14)19(18)21(25)23(20)15-4-1-2-5-16(15)28-22(26)17-6-3-9-27-17/h1-9,11-14,18-19H,10H2/t11-,12-,13-,14-,18+,19+/m1/s1. The number of hydrogen-bond donors (Lipinski definition) is 0. The molecule has 3 fully saturated rings. The zero-order chi connectivity index (χ0) is 19.0. The third-order valence-corrected chi connectivity index (χ3v) is 6.69. The fourth-order valence-electron chi connectivity index (χ4n) is 5.47. The second kappa shape index (κ2) is 5.44. The fraction of sp³-hybridized carbons (Fsp3) is 0.318. The Balaban J connectivity index is 1.36. The van der Waals surface area contributed by atoms with Crippen molar-refractivity contribution in [2.75, 3.05) is 4.90 Å². The number of benzene rings is 1. The molecular formula is C22H17NO5. The predicted molar refractivity (Wildman–Crippen MR) is 97.3 cm³/mol. The van der Waals surface area contributed by atoms with Crippen molar-refractivity contribution < 1.29 is 23.5 Å². The van der Waals surface area contributed by atoms with E-state index in [0.29, 0.717) is 17.5 Å². The highest BCUT2D eigenvalue weighted by Gasteiger charge is 2.67. The second-order valence-corrected chi connectivity index (χ2v) is 8.00. The smallest absolute Gasteiger partial charge is 0.379 e. The maximum absolute atomic E-state index is 13.3. The first-order valence-corrected chi connectivity index (χ1v) is 9.56. The maximum Gasteiger partial charge on any atom is 0.379 e. The number of para-hydroxylation sites is 2. The van der Waals surface area contributed by atoms with Crippen LogP contribution < -0.4 is 9.64 Å². The van der Waals surface area contributed by atoms with E-state index in [2.05, 4.69) is 12.2 Å². The highest BCUT2D eigenvalue weighted by molar-refractivity contribution is 6.23. The van der Waals surface area contributed by atoms with Gasteiger partial charge in [0.05, 0.1) is 23.8 Å². The van der Waals surface area contributed by atoms with E-state index in [1.54, 1.807) is 30.3 Å². The minimum Gasteiger partial charge on any atom is -0.457 e. The Bertz CT molecular complexity index is 1000. The molecule has 2 amide bonds. The van der Waals surface area contributed by atoms with Crippen LogP contribution >= 0.6 is 0 Å². The summed E-state index contributed by atoms with van der Waals surface area (Å²) in [5.74, 6) is 0.0117. The molecule has 0 radical (unpaired) electrons. The number of carbonyl (C=O) groups is 3. The van der Waals surface area contributed by atoms with Crippen molar-refractivity contribution in [2.45, 2.75) is 6.42 Å². The van der Waals surface area contributed by atoms with Crippen molar-refractivity contribution in [1.29, 1.82) is 0 Å². The number of hydrogen-bond acceptors (Lipinski definition) is 5. The molecule has 2 bridgehead atoms. The minimum atomic E-state index is -0.669. The molecule has 5 aliphatic rings. The van der Waals surface area contributed by atoms with Gasteiger partial charge in [0, 0.05) is 0 Å². The molecule has 1 saturated heterocycles. The lowest BCUT2D eigenvalue weighted by Crippen LogP contribution is -2.40. The Hall–Kier alpha value is -3.15. The average molecular weight is 375 g/mol. The van der Waals surface area contributed by atoms with Crippen LogP contribution in [-0.2, 0) is 9.59 Å². The number of amides is 2. The predicted octanol–water partition coefficient (Wildman–Crippen LogP) is 3.06. The van der Waals surface area contributed by atoms with Crippen LogP contribution in [0.3, 0.4) is 0 Å². The number of nitrogens with zero attached hydrogens (tertiary/aromatic N) is 1. The molecule has 0 spiro atoms. The maximum atomic E-state index is 13.3. The summed E-state index contributed by atoms with van der Waals surface area (Å²) in [6, 6.07) is 9.76. The summed E-state index contributed by atoms with van der Waals surface area (Å²) < 4.78 is 10.5. The molecule has 2 heterocycles. The van der Waals surface area contributed by atoms with Gasteiger partial charge in [-0.1, -0.05) is 24.3 Å². The lowest BCUT2D eigenvalue weighted by atomic mass is 9.63. The Labute approximate surface area is 160 Å². The van der Waals surface area contributed by atoms with Gasteiger partial charge < -0.3 is 9.15 Å². The zero-order valence-electron chi connectivity index (χ0n) is 14.9. The van der Waals surface area contributed by atoms with Crippen LogP contribution in [-0.4, -0.2) is 17.8 Å². The molecule has 0 unspecified atom stereocenters. The van der Waals surface area contributed by atoms with Crippen LogP contribution in [0.5, 0.6) is 5.75 Å². The van der Waals surface area contributed by atoms with E-state index in [9.17, 15) is 14.4 Å². The minimum absolute atomic E-state index is 0.0601. The van der Waals surface area contributed by atoms with Crippen molar-refractivity contribution >= 4 is 23.5 Å². The second-order valence-electron chi connectivity index (χ2n) is 8.00. The van der Waals surface area contributed by atoms with Crippen LogP contribution in [0.15, 0.2) is 59.2 Å². The van der Waals surface area contributed by atoms with Crippen LogP contribution in [0.2, 0.25) is 0 Å². The van der Waals surface area contributed by atoms with Crippen molar-refractivity contribution in [3.8, 4) is 5.75 Å². The topological polar surface area (TPSA) is 76.8 Å². The molecule has 7 rings (SSSR count). The number of rotatable bonds is 3. The van der Waals surface area contributed by atoms with E-state index in [-0.39, 0.29) is 47.0 Å². The molecule has 28 heavy (non-hydrogen) atoms. The summed E-state index contributed by atoms with van der Waals surface area (Å²) in [7, 11) is 0. The third kappa shape index (κ3) is 2.00. The van der Waals surface area contributed by atoms with Crippen LogP contribution in [0, 0.1) is 35.5 Å². The number of furan rings is 1. The van der Waals surface area contributed by atoms with E-state index in [0.717, 1.165) is 6.42 Å². The van der Waals surface area contributed by atoms with Crippen molar-refractivity contribution in [3.63, 3.8) is 0 Å². The van der Waals surface area contributed by atoms with Gasteiger partial charge in [-0.05, 0) is 54.4 Å². The van der Waals surface area contributed by atoms with Gasteiger partial charge in [0.25, 0.3) is 0 Å². The number of esters is 1. The molecule has 0 N–H and O–H groups in total. The van der Waals surface area contributed by atoms with Crippen LogP contribution in [0.4, 0.5) is 5.69 Å². The molecule has 6 heteroatoms. The number of imide groups is 1. The number of ether oxygens (including phenoxy) is 1. The summed E-state index contributed by atoms with van der Waals surface area (Å²) in [5, 5.41) is 0. The molecule has 1 aromatic carbocycles. The first kappa shape index (κ1) is 15.9. The molecule has 1 aromatic heterocycles. The van der Waals surface area contributed by atoms with Crippen LogP contribution in [0.25, 0.3) is 0 Å². The summed E-state index contributed by atoms with van der Waals surface area (Å²) in [6.45, 7) is 0. The number of allylic oxidation sites excluding steroid dienone is 2. The van der Waals surface area contributed by atoms with Gasteiger partial charge in [-0.2, -0.15) is 0 Å². The van der Waals surface area contributed by atoms with E-state index in [1.807, 2.05) is 0 Å². The summed E-state index contributed by atoms with van der Waals surface area (Å²) in [6.07, 6.45) is 6.77. The van der Waals surface area contributed by atoms with Gasteiger partial charge in [-0.25, -0.2) is 9.69 Å².